The zero-order chi connectivity index (χ0) is 19.4. The van der Waals surface area contributed by atoms with Crippen molar-refractivity contribution in [1.82, 2.24) is 14.5 Å². The van der Waals surface area contributed by atoms with E-state index in [0.29, 0.717) is 5.75 Å². The average Bonchev–Trinajstić information content (AvgIpc) is 2.67. The van der Waals surface area contributed by atoms with Crippen LogP contribution in [0.2, 0.25) is 0 Å². The molecule has 0 saturated heterocycles. The summed E-state index contributed by atoms with van der Waals surface area (Å²) in [5, 5.41) is 4.39. The lowest BCUT2D eigenvalue weighted by Crippen LogP contribution is -2.33. The van der Waals surface area contributed by atoms with Crippen LogP contribution in [0.25, 0.3) is 0 Å². The van der Waals surface area contributed by atoms with Crippen molar-refractivity contribution in [2.75, 3.05) is 20.8 Å². The molecule has 8 nitrogen and oxygen atoms in total. The van der Waals surface area contributed by atoms with Crippen molar-refractivity contribution >= 4 is 10.0 Å². The second-order valence-corrected chi connectivity index (χ2v) is 8.03. The van der Waals surface area contributed by atoms with Crippen molar-refractivity contribution in [2.24, 2.45) is 0 Å². The van der Waals surface area contributed by atoms with Crippen molar-refractivity contribution in [3.8, 4) is 11.5 Å². The lowest BCUT2D eigenvalue weighted by molar-refractivity contribution is 0.386. The van der Waals surface area contributed by atoms with Crippen LogP contribution in [0.5, 0.6) is 11.5 Å². The van der Waals surface area contributed by atoms with Crippen molar-refractivity contribution in [3.05, 3.63) is 45.9 Å². The SMILES string of the molecule is COc1ccc(S(=O)(=O)NCCn2nc3c(cc2=O)CCCC3)c(OC)c1. The molecule has 1 heterocycles. The number of aromatic nitrogens is 2. The van der Waals surface area contributed by atoms with Gasteiger partial charge in [-0.25, -0.2) is 17.8 Å². The van der Waals surface area contributed by atoms with Crippen LogP contribution >= 0.6 is 0 Å². The highest BCUT2D eigenvalue weighted by atomic mass is 32.2. The third kappa shape index (κ3) is 4.30. The fourth-order valence-electron chi connectivity index (χ4n) is 3.12. The van der Waals surface area contributed by atoms with Crippen LogP contribution in [0, 0.1) is 0 Å². The number of nitrogens with zero attached hydrogens (tertiary/aromatic N) is 2. The minimum atomic E-state index is -3.80. The maximum absolute atomic E-state index is 12.6. The van der Waals surface area contributed by atoms with Gasteiger partial charge in [-0.2, -0.15) is 5.10 Å². The van der Waals surface area contributed by atoms with Gasteiger partial charge in [0.1, 0.15) is 16.4 Å². The van der Waals surface area contributed by atoms with E-state index >= 15 is 0 Å². The zero-order valence-corrected chi connectivity index (χ0v) is 16.2. The molecular weight excluding hydrogens is 370 g/mol. The van der Waals surface area contributed by atoms with Crippen molar-refractivity contribution in [1.29, 1.82) is 0 Å². The number of sulfonamides is 1. The molecule has 0 amide bonds. The summed E-state index contributed by atoms with van der Waals surface area (Å²) < 4.78 is 39.2. The Labute approximate surface area is 158 Å². The maximum Gasteiger partial charge on any atom is 0.267 e. The molecule has 2 aromatic rings. The van der Waals surface area contributed by atoms with E-state index in [1.54, 1.807) is 12.1 Å². The number of rotatable bonds is 7. The largest absolute Gasteiger partial charge is 0.497 e. The Morgan fingerprint density at radius 2 is 1.93 bits per heavy atom. The number of methoxy groups -OCH3 is 2. The molecule has 0 fully saturated rings. The fraction of sp³-hybridized carbons (Fsp3) is 0.444. The van der Waals surface area contributed by atoms with Crippen LogP contribution in [0.3, 0.4) is 0 Å². The number of nitrogens with one attached hydrogen (secondary N) is 1. The molecule has 0 atom stereocenters. The van der Waals surface area contributed by atoms with Gasteiger partial charge in [0.2, 0.25) is 10.0 Å². The summed E-state index contributed by atoms with van der Waals surface area (Å²) in [4.78, 5) is 12.2. The summed E-state index contributed by atoms with van der Waals surface area (Å²) in [5.41, 5.74) is 1.73. The van der Waals surface area contributed by atoms with Crippen LogP contribution in [-0.2, 0) is 29.4 Å². The van der Waals surface area contributed by atoms with Crippen LogP contribution in [0.4, 0.5) is 0 Å². The number of benzene rings is 1. The van der Waals surface area contributed by atoms with E-state index in [9.17, 15) is 13.2 Å². The molecule has 0 aliphatic heterocycles. The fourth-order valence-corrected chi connectivity index (χ4v) is 4.29. The van der Waals surface area contributed by atoms with Gasteiger partial charge in [0.25, 0.3) is 5.56 Å². The first-order valence-corrected chi connectivity index (χ1v) is 10.2. The molecule has 27 heavy (non-hydrogen) atoms. The molecule has 1 aromatic carbocycles. The van der Waals surface area contributed by atoms with Gasteiger partial charge in [-0.1, -0.05) is 0 Å². The topological polar surface area (TPSA) is 99.5 Å². The summed E-state index contributed by atoms with van der Waals surface area (Å²) in [7, 11) is -0.918. The molecule has 0 radical (unpaired) electrons. The van der Waals surface area contributed by atoms with Gasteiger partial charge in [0.05, 0.1) is 26.5 Å². The molecule has 1 aliphatic rings. The van der Waals surface area contributed by atoms with Crippen molar-refractivity contribution < 1.29 is 17.9 Å². The van der Waals surface area contributed by atoms with Crippen LogP contribution in [0.15, 0.2) is 34.0 Å². The average molecular weight is 393 g/mol. The van der Waals surface area contributed by atoms with Crippen molar-refractivity contribution in [2.45, 2.75) is 37.1 Å². The first-order chi connectivity index (χ1) is 12.9. The first kappa shape index (κ1) is 19.4. The van der Waals surface area contributed by atoms with Crippen LogP contribution in [0.1, 0.15) is 24.1 Å². The van der Waals surface area contributed by atoms with E-state index in [-0.39, 0.29) is 29.3 Å². The number of aryl methyl sites for hydroxylation is 2. The van der Waals surface area contributed by atoms with E-state index in [1.165, 1.54) is 31.0 Å². The highest BCUT2D eigenvalue weighted by molar-refractivity contribution is 7.89. The third-order valence-corrected chi connectivity index (χ3v) is 6.05. The van der Waals surface area contributed by atoms with Crippen molar-refractivity contribution in [3.63, 3.8) is 0 Å². The molecule has 0 bridgehead atoms. The minimum Gasteiger partial charge on any atom is -0.497 e. The molecule has 0 saturated carbocycles. The second kappa shape index (κ2) is 8.10. The molecule has 0 spiro atoms. The Kier molecular flexibility index (Phi) is 5.81. The van der Waals surface area contributed by atoms with E-state index in [0.717, 1.165) is 36.9 Å². The van der Waals surface area contributed by atoms with Gasteiger partial charge in [-0.15, -0.1) is 0 Å². The van der Waals surface area contributed by atoms with Gasteiger partial charge in [-0.05, 0) is 43.4 Å². The monoisotopic (exact) mass is 393 g/mol. The highest BCUT2D eigenvalue weighted by Gasteiger charge is 2.20. The van der Waals surface area contributed by atoms with E-state index < -0.39 is 10.0 Å². The molecule has 3 rings (SSSR count). The molecule has 9 heteroatoms. The Hall–Kier alpha value is -2.39. The van der Waals surface area contributed by atoms with Gasteiger partial charge < -0.3 is 9.47 Å². The number of ether oxygens (including phenoxy) is 2. The lowest BCUT2D eigenvalue weighted by Gasteiger charge is -2.16. The minimum absolute atomic E-state index is 0.0107. The summed E-state index contributed by atoms with van der Waals surface area (Å²) in [5.74, 6) is 0.682. The maximum atomic E-state index is 12.6. The standard InChI is InChI=1S/C18H23N3O5S/c1-25-14-7-8-17(16(12-14)26-2)27(23,24)19-9-10-21-18(22)11-13-5-3-4-6-15(13)20-21/h7-8,11-12,19H,3-6,9-10H2,1-2H3. The van der Waals surface area contributed by atoms with Gasteiger partial charge in [-0.3, -0.25) is 4.79 Å². The summed E-state index contributed by atoms with van der Waals surface area (Å²) in [6, 6.07) is 6.09. The Morgan fingerprint density at radius 3 is 2.67 bits per heavy atom. The highest BCUT2D eigenvalue weighted by Crippen LogP contribution is 2.28. The Bertz CT molecular complexity index is 985. The number of fused-ring (bicyclic) bond motifs is 1. The van der Waals surface area contributed by atoms with Gasteiger partial charge in [0.15, 0.2) is 0 Å². The number of hydrogen-bond acceptors (Lipinski definition) is 6. The predicted molar refractivity (Wildman–Crippen MR) is 99.9 cm³/mol. The van der Waals surface area contributed by atoms with E-state index in [1.807, 2.05) is 0 Å². The predicted octanol–water partition coefficient (Wildman–Crippen LogP) is 1.12. The quantitative estimate of drug-likeness (QED) is 0.757. The lowest BCUT2D eigenvalue weighted by atomic mass is 9.97. The normalized spacial score (nSPS) is 13.9. The third-order valence-electron chi connectivity index (χ3n) is 4.55. The van der Waals surface area contributed by atoms with Gasteiger partial charge >= 0.3 is 0 Å². The molecule has 1 aliphatic carbocycles. The Morgan fingerprint density at radius 1 is 1.15 bits per heavy atom. The van der Waals surface area contributed by atoms with Gasteiger partial charge in [0, 0.05) is 18.7 Å². The molecular formula is C18H23N3O5S. The molecule has 1 N–H and O–H groups in total. The summed E-state index contributed by atoms with van der Waals surface area (Å²) in [6.45, 7) is 0.201. The number of hydrogen-bond donors (Lipinski definition) is 1. The zero-order valence-electron chi connectivity index (χ0n) is 15.4. The first-order valence-electron chi connectivity index (χ1n) is 8.76. The molecule has 146 valence electrons. The summed E-state index contributed by atoms with van der Waals surface area (Å²) >= 11 is 0. The Balaban J connectivity index is 1.72. The van der Waals surface area contributed by atoms with E-state index in [2.05, 4.69) is 9.82 Å². The van der Waals surface area contributed by atoms with Crippen LogP contribution in [-0.4, -0.2) is 39.0 Å². The smallest absolute Gasteiger partial charge is 0.267 e. The molecule has 0 unspecified atom stereocenters. The second-order valence-electron chi connectivity index (χ2n) is 6.30. The van der Waals surface area contributed by atoms with Crippen LogP contribution < -0.4 is 19.8 Å². The summed E-state index contributed by atoms with van der Waals surface area (Å²) in [6.07, 6.45) is 3.86. The molecule has 1 aromatic heterocycles. The van der Waals surface area contributed by atoms with E-state index in [4.69, 9.17) is 9.47 Å².